The van der Waals surface area contributed by atoms with Gasteiger partial charge >= 0.3 is 0 Å². The van der Waals surface area contributed by atoms with Crippen LogP contribution < -0.4 is 10.9 Å². The molecule has 0 saturated carbocycles. The zero-order valence-electron chi connectivity index (χ0n) is 22.0. The Balaban J connectivity index is 1.19. The molecular weight excluding hydrogens is 462 g/mol. The van der Waals surface area contributed by atoms with Crippen LogP contribution in [0.4, 0.5) is 0 Å². The Morgan fingerprint density at radius 1 is 1.00 bits per heavy atom. The third kappa shape index (κ3) is 5.37. The quantitative estimate of drug-likeness (QED) is 0.377. The number of fused-ring (bicyclic) bond motifs is 2. The minimum atomic E-state index is -0.220. The van der Waals surface area contributed by atoms with Crippen molar-refractivity contribution in [2.45, 2.75) is 53.2 Å². The number of amides is 1. The SMILES string of the molecule is Cc1ccc(Cn2c(C)c3cnn(CC(=O)NCCCN4CCc5ccccc5C4)c(=O)c3c2C)cc1. The van der Waals surface area contributed by atoms with Gasteiger partial charge < -0.3 is 9.88 Å². The van der Waals surface area contributed by atoms with Crippen molar-refractivity contribution in [3.8, 4) is 0 Å². The highest BCUT2D eigenvalue weighted by atomic mass is 16.2. The van der Waals surface area contributed by atoms with Crippen molar-refractivity contribution in [2.75, 3.05) is 19.6 Å². The minimum absolute atomic E-state index is 0.0759. The first-order valence-electron chi connectivity index (χ1n) is 13.1. The van der Waals surface area contributed by atoms with E-state index in [-0.39, 0.29) is 18.0 Å². The van der Waals surface area contributed by atoms with E-state index >= 15 is 0 Å². The van der Waals surface area contributed by atoms with E-state index in [1.54, 1.807) is 6.20 Å². The van der Waals surface area contributed by atoms with E-state index in [1.807, 2.05) is 13.8 Å². The minimum Gasteiger partial charge on any atom is -0.354 e. The average molecular weight is 498 g/mol. The third-order valence-corrected chi connectivity index (χ3v) is 7.54. The van der Waals surface area contributed by atoms with Gasteiger partial charge in [0.05, 0.1) is 11.6 Å². The second kappa shape index (κ2) is 10.7. The van der Waals surface area contributed by atoms with Gasteiger partial charge in [0.1, 0.15) is 6.54 Å². The largest absolute Gasteiger partial charge is 0.354 e. The molecule has 3 heterocycles. The molecule has 4 aromatic rings. The first-order valence-corrected chi connectivity index (χ1v) is 13.1. The first kappa shape index (κ1) is 25.0. The van der Waals surface area contributed by atoms with Gasteiger partial charge in [-0.1, -0.05) is 54.1 Å². The lowest BCUT2D eigenvalue weighted by Gasteiger charge is -2.28. The number of carbonyl (C=O) groups excluding carboxylic acids is 1. The molecule has 37 heavy (non-hydrogen) atoms. The van der Waals surface area contributed by atoms with Crippen molar-refractivity contribution < 1.29 is 4.79 Å². The maximum Gasteiger partial charge on any atom is 0.276 e. The molecule has 2 aromatic heterocycles. The number of nitrogens with zero attached hydrogens (tertiary/aromatic N) is 4. The molecule has 7 heteroatoms. The van der Waals surface area contributed by atoms with Crippen molar-refractivity contribution in [2.24, 2.45) is 0 Å². The highest BCUT2D eigenvalue weighted by Crippen LogP contribution is 2.23. The average Bonchev–Trinajstić information content (AvgIpc) is 3.14. The molecule has 0 unspecified atom stereocenters. The summed E-state index contributed by atoms with van der Waals surface area (Å²) in [5.74, 6) is -0.189. The lowest BCUT2D eigenvalue weighted by Crippen LogP contribution is -2.36. The van der Waals surface area contributed by atoms with Crippen LogP contribution in [0, 0.1) is 20.8 Å². The highest BCUT2D eigenvalue weighted by molar-refractivity contribution is 5.87. The van der Waals surface area contributed by atoms with Crippen molar-refractivity contribution in [3.63, 3.8) is 0 Å². The van der Waals surface area contributed by atoms with Crippen LogP contribution in [0.25, 0.3) is 10.8 Å². The number of hydrogen-bond donors (Lipinski definition) is 1. The summed E-state index contributed by atoms with van der Waals surface area (Å²) in [6.45, 7) is 10.2. The van der Waals surface area contributed by atoms with E-state index in [0.29, 0.717) is 18.5 Å². The smallest absolute Gasteiger partial charge is 0.276 e. The van der Waals surface area contributed by atoms with Gasteiger partial charge in [0.2, 0.25) is 5.91 Å². The van der Waals surface area contributed by atoms with Gasteiger partial charge in [-0.25, -0.2) is 4.68 Å². The Hall–Kier alpha value is -3.71. The van der Waals surface area contributed by atoms with Crippen LogP contribution in [0.1, 0.15) is 40.1 Å². The number of hydrogen-bond acceptors (Lipinski definition) is 4. The number of carbonyl (C=O) groups is 1. The van der Waals surface area contributed by atoms with Crippen molar-refractivity contribution >= 4 is 16.7 Å². The number of benzene rings is 2. The monoisotopic (exact) mass is 497 g/mol. The van der Waals surface area contributed by atoms with Crippen LogP contribution in [0.3, 0.4) is 0 Å². The predicted molar refractivity (Wildman–Crippen MR) is 147 cm³/mol. The summed E-state index contributed by atoms with van der Waals surface area (Å²) in [6, 6.07) is 17.0. The van der Waals surface area contributed by atoms with Gasteiger partial charge in [-0.15, -0.1) is 0 Å². The molecular formula is C30H35N5O2. The van der Waals surface area contributed by atoms with Gasteiger partial charge in [-0.05, 0) is 50.3 Å². The zero-order valence-corrected chi connectivity index (χ0v) is 22.0. The van der Waals surface area contributed by atoms with Crippen LogP contribution in [-0.2, 0) is 30.8 Å². The summed E-state index contributed by atoms with van der Waals surface area (Å²) in [7, 11) is 0. The molecule has 0 radical (unpaired) electrons. The fraction of sp³-hybridized carbons (Fsp3) is 0.367. The lowest BCUT2D eigenvalue weighted by molar-refractivity contribution is -0.121. The summed E-state index contributed by atoms with van der Waals surface area (Å²) in [6.07, 6.45) is 3.66. The molecule has 0 saturated heterocycles. The lowest BCUT2D eigenvalue weighted by atomic mass is 10.00. The number of nitrogens with one attached hydrogen (secondary N) is 1. The second-order valence-corrected chi connectivity index (χ2v) is 10.1. The van der Waals surface area contributed by atoms with Gasteiger partial charge in [0.15, 0.2) is 0 Å². The summed E-state index contributed by atoms with van der Waals surface area (Å²) in [5.41, 5.74) is 6.93. The van der Waals surface area contributed by atoms with Crippen molar-refractivity contribution in [3.05, 3.63) is 98.7 Å². The second-order valence-electron chi connectivity index (χ2n) is 10.1. The normalized spacial score (nSPS) is 13.6. The molecule has 7 nitrogen and oxygen atoms in total. The third-order valence-electron chi connectivity index (χ3n) is 7.54. The molecule has 0 fully saturated rings. The topological polar surface area (TPSA) is 72.2 Å². The van der Waals surface area contributed by atoms with Gasteiger partial charge in [-0.2, -0.15) is 5.10 Å². The summed E-state index contributed by atoms with van der Waals surface area (Å²) >= 11 is 0. The Morgan fingerprint density at radius 2 is 1.76 bits per heavy atom. The summed E-state index contributed by atoms with van der Waals surface area (Å²) < 4.78 is 3.43. The molecule has 2 aromatic carbocycles. The summed E-state index contributed by atoms with van der Waals surface area (Å²) in [5, 5.41) is 8.77. The fourth-order valence-corrected chi connectivity index (χ4v) is 5.34. The van der Waals surface area contributed by atoms with E-state index < -0.39 is 0 Å². The predicted octanol–water partition coefficient (Wildman–Crippen LogP) is 3.74. The Kier molecular flexibility index (Phi) is 7.24. The highest BCUT2D eigenvalue weighted by Gasteiger charge is 2.18. The van der Waals surface area contributed by atoms with Crippen molar-refractivity contribution in [1.82, 2.24) is 24.6 Å². The van der Waals surface area contributed by atoms with E-state index in [0.717, 1.165) is 49.2 Å². The van der Waals surface area contributed by atoms with Crippen LogP contribution in [0.5, 0.6) is 0 Å². The molecule has 5 rings (SSSR count). The van der Waals surface area contributed by atoms with Gasteiger partial charge in [0.25, 0.3) is 5.56 Å². The Labute approximate surface area is 217 Å². The standard InChI is InChI=1S/C30H35N5O2/c1-21-9-11-24(12-10-21)18-34-22(2)27-17-32-35(30(37)29(27)23(34)3)20-28(36)31-14-6-15-33-16-13-25-7-4-5-8-26(25)19-33/h4-5,7-12,17H,6,13-16,18-20H2,1-3H3,(H,31,36). The maximum absolute atomic E-state index is 13.3. The van der Waals surface area contributed by atoms with E-state index in [9.17, 15) is 9.59 Å². The van der Waals surface area contributed by atoms with Gasteiger partial charge in [0, 0.05) is 49.5 Å². The maximum atomic E-state index is 13.3. The number of rotatable bonds is 8. The molecule has 1 amide bonds. The fourth-order valence-electron chi connectivity index (χ4n) is 5.34. The molecule has 0 bridgehead atoms. The van der Waals surface area contributed by atoms with Crippen LogP contribution >= 0.6 is 0 Å². The molecule has 0 spiro atoms. The van der Waals surface area contributed by atoms with Crippen molar-refractivity contribution in [1.29, 1.82) is 0 Å². The molecule has 1 N–H and O–H groups in total. The number of aromatic nitrogens is 3. The number of aryl methyl sites for hydroxylation is 3. The zero-order chi connectivity index (χ0) is 25.9. The van der Waals surface area contributed by atoms with E-state index in [4.69, 9.17) is 0 Å². The van der Waals surface area contributed by atoms with E-state index in [1.165, 1.54) is 26.9 Å². The first-order chi connectivity index (χ1) is 17.9. The Bertz CT molecular complexity index is 1480. The molecule has 192 valence electrons. The van der Waals surface area contributed by atoms with E-state index in [2.05, 4.69) is 75.3 Å². The summed E-state index contributed by atoms with van der Waals surface area (Å²) in [4.78, 5) is 28.3. The Morgan fingerprint density at radius 3 is 2.54 bits per heavy atom. The van der Waals surface area contributed by atoms with Crippen LogP contribution in [0.15, 0.2) is 59.5 Å². The molecule has 0 aliphatic carbocycles. The van der Waals surface area contributed by atoms with Crippen LogP contribution in [0.2, 0.25) is 0 Å². The molecule has 1 aliphatic rings. The molecule has 0 atom stereocenters. The van der Waals surface area contributed by atoms with Gasteiger partial charge in [-0.3, -0.25) is 14.5 Å². The van der Waals surface area contributed by atoms with Crippen LogP contribution in [-0.4, -0.2) is 44.8 Å². The molecule has 1 aliphatic heterocycles.